The molecule has 0 aliphatic rings. The van der Waals surface area contributed by atoms with Crippen LogP contribution in [0.4, 0.5) is 14.5 Å². The zero-order valence-electron chi connectivity index (χ0n) is 14.6. The van der Waals surface area contributed by atoms with E-state index in [4.69, 9.17) is 4.74 Å². The lowest BCUT2D eigenvalue weighted by atomic mass is 10.1. The maximum absolute atomic E-state index is 12.5. The summed E-state index contributed by atoms with van der Waals surface area (Å²) in [6.45, 7) is 2.69. The Kier molecular flexibility index (Phi) is 5.15. The van der Waals surface area contributed by atoms with Gasteiger partial charge >= 0.3 is 0 Å². The number of rotatable bonds is 6. The predicted molar refractivity (Wildman–Crippen MR) is 93.4 cm³/mol. The van der Waals surface area contributed by atoms with Crippen LogP contribution < -0.4 is 15.6 Å². The SMILES string of the molecule is Cc1nc2cc(=O)[nH]n2c(C)c1CC(=O)Nc1cccnc1OCC(F)F. The number of halogens is 2. The van der Waals surface area contributed by atoms with E-state index < -0.39 is 18.9 Å². The number of aromatic amines is 1. The maximum atomic E-state index is 12.5. The van der Waals surface area contributed by atoms with Crippen molar-refractivity contribution < 1.29 is 18.3 Å². The smallest absolute Gasteiger partial charge is 0.272 e. The Morgan fingerprint density at radius 3 is 2.93 bits per heavy atom. The first-order valence-electron chi connectivity index (χ1n) is 8.09. The fourth-order valence-electron chi connectivity index (χ4n) is 2.71. The second-order valence-electron chi connectivity index (χ2n) is 5.86. The third-order valence-corrected chi connectivity index (χ3v) is 3.93. The maximum Gasteiger partial charge on any atom is 0.272 e. The van der Waals surface area contributed by atoms with Crippen LogP contribution in [0.15, 0.2) is 29.2 Å². The van der Waals surface area contributed by atoms with E-state index in [9.17, 15) is 18.4 Å². The number of H-pyrrole nitrogens is 1. The van der Waals surface area contributed by atoms with Gasteiger partial charge in [-0.25, -0.2) is 23.3 Å². The standard InChI is InChI=1S/C17H17F2N5O3/c1-9-11(10(2)24-14(21-9)7-16(26)23-24)6-15(25)22-12-4-3-5-20-17(12)27-8-13(18)19/h3-5,7,13H,6,8H2,1-2H3,(H,22,25)(H,23,26). The Balaban J connectivity index is 1.81. The Morgan fingerprint density at radius 1 is 1.41 bits per heavy atom. The molecule has 0 aliphatic carbocycles. The molecule has 0 saturated heterocycles. The zero-order valence-corrected chi connectivity index (χ0v) is 14.6. The number of ether oxygens (including phenoxy) is 1. The molecule has 0 fully saturated rings. The van der Waals surface area contributed by atoms with Crippen LogP contribution in [0, 0.1) is 13.8 Å². The van der Waals surface area contributed by atoms with Crippen molar-refractivity contribution in [2.45, 2.75) is 26.7 Å². The number of amides is 1. The van der Waals surface area contributed by atoms with Gasteiger partial charge in [0.05, 0.1) is 6.42 Å². The van der Waals surface area contributed by atoms with Gasteiger partial charge in [-0.15, -0.1) is 0 Å². The number of pyridine rings is 1. The van der Waals surface area contributed by atoms with Crippen molar-refractivity contribution in [3.05, 3.63) is 51.7 Å². The largest absolute Gasteiger partial charge is 0.470 e. The summed E-state index contributed by atoms with van der Waals surface area (Å²) in [6, 6.07) is 4.43. The number of nitrogens with zero attached hydrogens (tertiary/aromatic N) is 3. The number of nitrogens with one attached hydrogen (secondary N) is 2. The average molecular weight is 377 g/mol. The third kappa shape index (κ3) is 4.10. The molecule has 0 atom stereocenters. The molecule has 0 spiro atoms. The highest BCUT2D eigenvalue weighted by molar-refractivity contribution is 5.93. The molecular formula is C17H17F2N5O3. The van der Waals surface area contributed by atoms with Gasteiger partial charge in [0.25, 0.3) is 12.0 Å². The van der Waals surface area contributed by atoms with Crippen LogP contribution in [0.5, 0.6) is 5.88 Å². The molecule has 0 unspecified atom stereocenters. The minimum atomic E-state index is -2.65. The fraction of sp³-hybridized carbons (Fsp3) is 0.294. The number of carbonyl (C=O) groups is 1. The first-order chi connectivity index (χ1) is 12.8. The molecule has 3 heterocycles. The monoisotopic (exact) mass is 377 g/mol. The Hall–Kier alpha value is -3.30. The van der Waals surface area contributed by atoms with E-state index in [1.165, 1.54) is 22.8 Å². The molecule has 3 aromatic heterocycles. The minimum absolute atomic E-state index is 0.0238. The second-order valence-corrected chi connectivity index (χ2v) is 5.86. The van der Waals surface area contributed by atoms with Gasteiger partial charge in [-0.1, -0.05) is 0 Å². The Labute approximate surface area is 152 Å². The fourth-order valence-corrected chi connectivity index (χ4v) is 2.71. The van der Waals surface area contributed by atoms with E-state index in [-0.39, 0.29) is 23.5 Å². The molecule has 3 rings (SSSR count). The van der Waals surface area contributed by atoms with Crippen molar-refractivity contribution in [1.82, 2.24) is 19.6 Å². The van der Waals surface area contributed by atoms with Crippen LogP contribution in [0.3, 0.4) is 0 Å². The normalized spacial score (nSPS) is 11.1. The summed E-state index contributed by atoms with van der Waals surface area (Å²) < 4.78 is 31.1. The van der Waals surface area contributed by atoms with Crippen molar-refractivity contribution in [3.8, 4) is 5.88 Å². The molecule has 0 aromatic carbocycles. The van der Waals surface area contributed by atoms with Crippen LogP contribution in [-0.4, -0.2) is 38.5 Å². The zero-order chi connectivity index (χ0) is 19.6. The summed E-state index contributed by atoms with van der Waals surface area (Å²) in [6.07, 6.45) is -1.29. The lowest BCUT2D eigenvalue weighted by molar-refractivity contribution is -0.115. The average Bonchev–Trinajstić information content (AvgIpc) is 2.98. The lowest BCUT2D eigenvalue weighted by Gasteiger charge is -2.13. The second kappa shape index (κ2) is 7.52. The number of hydrogen-bond acceptors (Lipinski definition) is 5. The first kappa shape index (κ1) is 18.5. The molecule has 10 heteroatoms. The molecule has 0 saturated carbocycles. The summed E-state index contributed by atoms with van der Waals surface area (Å²) in [7, 11) is 0. The van der Waals surface area contributed by atoms with Gasteiger partial charge in [0.2, 0.25) is 11.8 Å². The molecule has 3 aromatic rings. The van der Waals surface area contributed by atoms with E-state index in [1.54, 1.807) is 19.9 Å². The van der Waals surface area contributed by atoms with E-state index in [1.807, 2.05) is 0 Å². The topological polar surface area (TPSA) is 101 Å². The van der Waals surface area contributed by atoms with Crippen LogP contribution >= 0.6 is 0 Å². The van der Waals surface area contributed by atoms with Crippen LogP contribution in [0.25, 0.3) is 5.65 Å². The lowest BCUT2D eigenvalue weighted by Crippen LogP contribution is -2.19. The molecule has 0 bridgehead atoms. The van der Waals surface area contributed by atoms with Crippen LogP contribution in [0.2, 0.25) is 0 Å². The molecule has 8 nitrogen and oxygen atoms in total. The van der Waals surface area contributed by atoms with Gasteiger partial charge in [0.1, 0.15) is 5.69 Å². The molecule has 27 heavy (non-hydrogen) atoms. The van der Waals surface area contributed by atoms with Gasteiger partial charge in [-0.2, -0.15) is 0 Å². The highest BCUT2D eigenvalue weighted by Gasteiger charge is 2.16. The van der Waals surface area contributed by atoms with E-state index >= 15 is 0 Å². The first-order valence-corrected chi connectivity index (χ1v) is 8.09. The molecule has 142 valence electrons. The number of fused-ring (bicyclic) bond motifs is 1. The number of aryl methyl sites for hydroxylation is 2. The van der Waals surface area contributed by atoms with E-state index in [0.29, 0.717) is 22.6 Å². The Bertz CT molecular complexity index is 1040. The highest BCUT2D eigenvalue weighted by atomic mass is 19.3. The summed E-state index contributed by atoms with van der Waals surface area (Å²) in [5.41, 5.74) is 2.31. The summed E-state index contributed by atoms with van der Waals surface area (Å²) >= 11 is 0. The number of anilines is 1. The summed E-state index contributed by atoms with van der Waals surface area (Å²) in [5, 5.41) is 5.23. The van der Waals surface area contributed by atoms with Crippen molar-refractivity contribution in [3.63, 3.8) is 0 Å². The summed E-state index contributed by atoms with van der Waals surface area (Å²) in [5.74, 6) is -0.477. The molecular weight excluding hydrogens is 360 g/mol. The van der Waals surface area contributed by atoms with Crippen LogP contribution in [0.1, 0.15) is 17.0 Å². The van der Waals surface area contributed by atoms with Crippen LogP contribution in [-0.2, 0) is 11.2 Å². The minimum Gasteiger partial charge on any atom is -0.470 e. The van der Waals surface area contributed by atoms with Crippen molar-refractivity contribution in [1.29, 1.82) is 0 Å². The number of alkyl halides is 2. The number of aromatic nitrogens is 4. The predicted octanol–water partition coefficient (Wildman–Crippen LogP) is 1.86. The van der Waals surface area contributed by atoms with E-state index in [0.717, 1.165) is 0 Å². The third-order valence-electron chi connectivity index (χ3n) is 3.93. The van der Waals surface area contributed by atoms with Crippen molar-refractivity contribution in [2.75, 3.05) is 11.9 Å². The van der Waals surface area contributed by atoms with Crippen molar-refractivity contribution >= 4 is 17.2 Å². The molecule has 2 N–H and O–H groups in total. The highest BCUT2D eigenvalue weighted by Crippen LogP contribution is 2.22. The number of carbonyl (C=O) groups excluding carboxylic acids is 1. The molecule has 0 aliphatic heterocycles. The summed E-state index contributed by atoms with van der Waals surface area (Å²) in [4.78, 5) is 32.1. The van der Waals surface area contributed by atoms with Gasteiger partial charge < -0.3 is 10.1 Å². The van der Waals surface area contributed by atoms with Crippen molar-refractivity contribution in [2.24, 2.45) is 0 Å². The van der Waals surface area contributed by atoms with Gasteiger partial charge in [0.15, 0.2) is 12.3 Å². The van der Waals surface area contributed by atoms with Gasteiger partial charge in [0, 0.05) is 29.2 Å². The molecule has 0 radical (unpaired) electrons. The quantitative estimate of drug-likeness (QED) is 0.683. The Morgan fingerprint density at radius 2 is 2.19 bits per heavy atom. The number of hydrogen-bond donors (Lipinski definition) is 2. The molecule has 1 amide bonds. The van der Waals surface area contributed by atoms with Gasteiger partial charge in [-0.3, -0.25) is 14.7 Å². The van der Waals surface area contributed by atoms with E-state index in [2.05, 4.69) is 20.4 Å². The van der Waals surface area contributed by atoms with Gasteiger partial charge in [-0.05, 0) is 26.0 Å².